The fourth-order valence-corrected chi connectivity index (χ4v) is 7.37. The molecule has 142 valence electrons. The molecule has 0 heterocycles. The minimum atomic E-state index is -0.852. The van der Waals surface area contributed by atoms with Gasteiger partial charge in [-0.3, -0.25) is 0 Å². The molecule has 0 aromatic rings. The monoisotopic (exact) mass is 355 g/mol. The van der Waals surface area contributed by atoms with Crippen LogP contribution in [0.15, 0.2) is 23.3 Å². The Morgan fingerprint density at radius 2 is 1.88 bits per heavy atom. The highest BCUT2D eigenvalue weighted by Crippen LogP contribution is 2.67. The van der Waals surface area contributed by atoms with Crippen molar-refractivity contribution in [2.75, 3.05) is 7.11 Å². The van der Waals surface area contributed by atoms with Gasteiger partial charge in [-0.05, 0) is 80.5 Å². The van der Waals surface area contributed by atoms with Gasteiger partial charge in [-0.1, -0.05) is 31.1 Å². The lowest BCUT2D eigenvalue weighted by Gasteiger charge is -2.59. The normalized spacial score (nSPS) is 51.8. The van der Waals surface area contributed by atoms with Gasteiger partial charge in [0.15, 0.2) is 0 Å². The van der Waals surface area contributed by atoms with Crippen molar-refractivity contribution in [3.63, 3.8) is 0 Å². The van der Waals surface area contributed by atoms with Crippen LogP contribution in [0, 0.1) is 39.9 Å². The Bertz CT molecular complexity index is 699. The van der Waals surface area contributed by atoms with Crippen LogP contribution in [-0.2, 0) is 4.74 Å². The summed E-state index contributed by atoms with van der Waals surface area (Å²) >= 11 is 0. The Morgan fingerprint density at radius 1 is 1.15 bits per heavy atom. The van der Waals surface area contributed by atoms with Crippen molar-refractivity contribution in [3.05, 3.63) is 23.3 Å². The molecule has 0 aromatic heterocycles. The van der Waals surface area contributed by atoms with E-state index in [1.165, 1.54) is 36.8 Å². The molecule has 0 aliphatic heterocycles. The van der Waals surface area contributed by atoms with Crippen molar-refractivity contribution in [3.8, 4) is 6.07 Å². The Morgan fingerprint density at radius 3 is 2.58 bits per heavy atom. The molecule has 4 rings (SSSR count). The number of hydrogen-bond donors (Lipinski definition) is 1. The summed E-state index contributed by atoms with van der Waals surface area (Å²) in [6.45, 7) is 6.75. The van der Waals surface area contributed by atoms with Crippen molar-refractivity contribution < 1.29 is 9.84 Å². The van der Waals surface area contributed by atoms with Crippen LogP contribution in [-0.4, -0.2) is 23.9 Å². The summed E-state index contributed by atoms with van der Waals surface area (Å²) in [7, 11) is 1.73. The highest BCUT2D eigenvalue weighted by Gasteiger charge is 2.59. The number of rotatable bonds is 1. The summed E-state index contributed by atoms with van der Waals surface area (Å²) in [5, 5.41) is 20.0. The van der Waals surface area contributed by atoms with E-state index in [0.717, 1.165) is 25.2 Å². The number of nitrogens with zero attached hydrogens (tertiary/aromatic N) is 1. The summed E-state index contributed by atoms with van der Waals surface area (Å²) in [6, 6.07) is 2.30. The van der Waals surface area contributed by atoms with E-state index in [1.54, 1.807) is 7.11 Å². The summed E-state index contributed by atoms with van der Waals surface area (Å²) < 4.78 is 5.72. The predicted octanol–water partition coefficient (Wildman–Crippen LogP) is 4.78. The van der Waals surface area contributed by atoms with Crippen molar-refractivity contribution in [1.29, 1.82) is 5.26 Å². The van der Waals surface area contributed by atoms with Crippen LogP contribution in [0.3, 0.4) is 0 Å². The van der Waals surface area contributed by atoms with E-state index in [9.17, 15) is 10.4 Å². The van der Waals surface area contributed by atoms with Gasteiger partial charge in [0.25, 0.3) is 0 Å². The molecule has 0 aromatic carbocycles. The first-order chi connectivity index (χ1) is 12.3. The molecular formula is C23H33NO2. The summed E-state index contributed by atoms with van der Waals surface area (Å²) in [6.07, 6.45) is 11.9. The number of aliphatic hydroxyl groups is 1. The third-order valence-electron chi connectivity index (χ3n) is 8.83. The zero-order chi connectivity index (χ0) is 18.7. The van der Waals surface area contributed by atoms with Crippen LogP contribution in [0.2, 0.25) is 0 Å². The lowest BCUT2D eigenvalue weighted by Crippen LogP contribution is -2.55. The number of ether oxygens (including phenoxy) is 1. The molecule has 0 saturated heterocycles. The number of hydrogen-bond acceptors (Lipinski definition) is 3. The SMILES string of the molecule is CO[C@H]1C[C@@]2(C)C(=C[C@]1(C)O)CC[C@@H]1[C@@H]2CC[C@]2(C)/C(=C\C#N)CC[C@@H]12. The molecule has 0 radical (unpaired) electrons. The van der Waals surface area contributed by atoms with Crippen molar-refractivity contribution in [2.24, 2.45) is 28.6 Å². The number of allylic oxidation sites excluding steroid dienone is 3. The maximum atomic E-state index is 10.8. The van der Waals surface area contributed by atoms with E-state index in [0.29, 0.717) is 11.8 Å². The molecule has 3 heteroatoms. The number of nitriles is 1. The van der Waals surface area contributed by atoms with Crippen LogP contribution in [0.4, 0.5) is 0 Å². The highest BCUT2D eigenvalue weighted by atomic mass is 16.5. The Labute approximate surface area is 158 Å². The van der Waals surface area contributed by atoms with Gasteiger partial charge in [-0.2, -0.15) is 5.26 Å². The van der Waals surface area contributed by atoms with Gasteiger partial charge >= 0.3 is 0 Å². The van der Waals surface area contributed by atoms with Gasteiger partial charge in [0.1, 0.15) is 5.60 Å². The fraction of sp³-hybridized carbons (Fsp3) is 0.783. The summed E-state index contributed by atoms with van der Waals surface area (Å²) in [5.74, 6) is 2.12. The molecule has 3 saturated carbocycles. The molecular weight excluding hydrogens is 322 g/mol. The number of methoxy groups -OCH3 is 1. The Balaban J connectivity index is 1.69. The van der Waals surface area contributed by atoms with Gasteiger partial charge in [0.05, 0.1) is 12.2 Å². The average Bonchev–Trinajstić information content (AvgIpc) is 2.92. The molecule has 7 atom stereocenters. The van der Waals surface area contributed by atoms with Gasteiger partial charge in [0.2, 0.25) is 0 Å². The second kappa shape index (κ2) is 5.94. The molecule has 3 nitrogen and oxygen atoms in total. The van der Waals surface area contributed by atoms with Crippen LogP contribution in [0.25, 0.3) is 0 Å². The molecule has 0 spiro atoms. The molecule has 4 aliphatic carbocycles. The third-order valence-corrected chi connectivity index (χ3v) is 8.83. The first kappa shape index (κ1) is 18.3. The van der Waals surface area contributed by atoms with Crippen LogP contribution in [0.1, 0.15) is 65.7 Å². The Kier molecular flexibility index (Phi) is 4.18. The molecule has 1 N–H and O–H groups in total. The van der Waals surface area contributed by atoms with E-state index < -0.39 is 5.60 Å². The second-order valence-corrected chi connectivity index (χ2v) is 9.95. The molecule has 0 amide bonds. The maximum absolute atomic E-state index is 10.8. The third kappa shape index (κ3) is 2.38. The smallest absolute Gasteiger partial charge is 0.106 e. The van der Waals surface area contributed by atoms with E-state index in [2.05, 4.69) is 26.0 Å². The van der Waals surface area contributed by atoms with Gasteiger partial charge < -0.3 is 9.84 Å². The van der Waals surface area contributed by atoms with Gasteiger partial charge in [-0.15, -0.1) is 0 Å². The van der Waals surface area contributed by atoms with Crippen LogP contribution >= 0.6 is 0 Å². The molecule has 26 heavy (non-hydrogen) atoms. The molecule has 0 unspecified atom stereocenters. The summed E-state index contributed by atoms with van der Waals surface area (Å²) in [4.78, 5) is 0. The highest BCUT2D eigenvalue weighted by molar-refractivity contribution is 5.32. The number of fused-ring (bicyclic) bond motifs is 5. The Hall–Kier alpha value is -1.11. The maximum Gasteiger partial charge on any atom is 0.106 e. The van der Waals surface area contributed by atoms with Gasteiger partial charge in [0, 0.05) is 13.2 Å². The topological polar surface area (TPSA) is 53.2 Å². The van der Waals surface area contributed by atoms with Crippen LogP contribution in [0.5, 0.6) is 0 Å². The van der Waals surface area contributed by atoms with E-state index in [4.69, 9.17) is 4.74 Å². The lowest BCUT2D eigenvalue weighted by atomic mass is 9.46. The zero-order valence-electron chi connectivity index (χ0n) is 16.7. The van der Waals surface area contributed by atoms with E-state index >= 15 is 0 Å². The average molecular weight is 356 g/mol. The predicted molar refractivity (Wildman–Crippen MR) is 102 cm³/mol. The molecule has 4 aliphatic rings. The quantitative estimate of drug-likeness (QED) is 0.544. The van der Waals surface area contributed by atoms with E-state index in [1.807, 2.05) is 13.0 Å². The van der Waals surface area contributed by atoms with E-state index in [-0.39, 0.29) is 16.9 Å². The van der Waals surface area contributed by atoms with Crippen molar-refractivity contribution >= 4 is 0 Å². The first-order valence-electron chi connectivity index (χ1n) is 10.3. The second-order valence-electron chi connectivity index (χ2n) is 9.95. The zero-order valence-corrected chi connectivity index (χ0v) is 16.7. The molecule has 0 bridgehead atoms. The minimum Gasteiger partial charge on any atom is -0.383 e. The van der Waals surface area contributed by atoms with Crippen molar-refractivity contribution in [1.82, 2.24) is 0 Å². The van der Waals surface area contributed by atoms with Crippen molar-refractivity contribution in [2.45, 2.75) is 77.4 Å². The fourth-order valence-electron chi connectivity index (χ4n) is 7.37. The summed E-state index contributed by atoms with van der Waals surface area (Å²) in [5.41, 5.74) is 2.39. The van der Waals surface area contributed by atoms with Gasteiger partial charge in [-0.25, -0.2) is 0 Å². The minimum absolute atomic E-state index is 0.124. The first-order valence-corrected chi connectivity index (χ1v) is 10.3. The van der Waals surface area contributed by atoms with Crippen LogP contribution < -0.4 is 0 Å². The standard InChI is InChI=1S/C23H33NO2/c1-21-11-9-19-17(18(21)8-6-15(21)10-12-24)7-5-16-13-23(3,25)20(26-4)14-22(16,19)2/h10,13,17-20,25H,5-9,11,14H2,1-4H3/b15-10-/t17-,18-,19-,20-,21+,22-,23-/m0/s1. The lowest BCUT2D eigenvalue weighted by molar-refractivity contribution is -0.109. The largest absolute Gasteiger partial charge is 0.383 e. The molecule has 3 fully saturated rings.